The Balaban J connectivity index is 1.93. The van der Waals surface area contributed by atoms with Crippen LogP contribution in [0.4, 0.5) is 10.5 Å². The summed E-state index contributed by atoms with van der Waals surface area (Å²) >= 11 is 5.79. The highest BCUT2D eigenvalue weighted by molar-refractivity contribution is 6.31. The molecule has 0 spiro atoms. The van der Waals surface area contributed by atoms with Crippen molar-refractivity contribution in [3.63, 3.8) is 0 Å². The molecule has 0 aliphatic heterocycles. The van der Waals surface area contributed by atoms with Crippen LogP contribution in [0.5, 0.6) is 0 Å². The van der Waals surface area contributed by atoms with Gasteiger partial charge >= 0.3 is 12.0 Å². The van der Waals surface area contributed by atoms with Crippen LogP contribution in [0.1, 0.15) is 16.2 Å². The van der Waals surface area contributed by atoms with Gasteiger partial charge in [-0.2, -0.15) is 5.10 Å². The molecule has 0 unspecified atom stereocenters. The molecule has 0 bridgehead atoms. The van der Waals surface area contributed by atoms with Crippen molar-refractivity contribution in [2.24, 2.45) is 0 Å². The first-order valence-corrected chi connectivity index (χ1v) is 6.36. The Bertz CT molecular complexity index is 644. The van der Waals surface area contributed by atoms with Gasteiger partial charge in [0.2, 0.25) is 0 Å². The number of amides is 2. The van der Waals surface area contributed by atoms with E-state index in [0.717, 1.165) is 0 Å². The number of halogens is 1. The monoisotopic (exact) mass is 309 g/mol. The molecule has 0 radical (unpaired) electrons. The van der Waals surface area contributed by atoms with E-state index < -0.39 is 12.0 Å². The minimum atomic E-state index is -1.15. The van der Waals surface area contributed by atoms with E-state index in [9.17, 15) is 9.59 Å². The van der Waals surface area contributed by atoms with Crippen LogP contribution in [-0.2, 0) is 6.42 Å². The van der Waals surface area contributed by atoms with Gasteiger partial charge in [0.05, 0.1) is 11.3 Å². The van der Waals surface area contributed by atoms with Crippen molar-refractivity contribution >= 4 is 29.3 Å². The van der Waals surface area contributed by atoms with Crippen LogP contribution >= 0.6 is 11.6 Å². The summed E-state index contributed by atoms with van der Waals surface area (Å²) in [4.78, 5) is 26.7. The summed E-state index contributed by atoms with van der Waals surface area (Å²) in [6, 6.07) is 3.62. The molecule has 2 aromatic rings. The molecule has 110 valence electrons. The predicted molar refractivity (Wildman–Crippen MR) is 75.5 cm³/mol. The van der Waals surface area contributed by atoms with Gasteiger partial charge < -0.3 is 15.7 Å². The number of aromatic carboxylic acids is 1. The Labute approximate surface area is 124 Å². The lowest BCUT2D eigenvalue weighted by Gasteiger charge is -2.10. The van der Waals surface area contributed by atoms with Gasteiger partial charge in [-0.05, 0) is 18.2 Å². The zero-order valence-corrected chi connectivity index (χ0v) is 11.5. The largest absolute Gasteiger partial charge is 0.478 e. The van der Waals surface area contributed by atoms with E-state index in [4.69, 9.17) is 16.7 Å². The average Bonchev–Trinajstić information content (AvgIpc) is 2.91. The Morgan fingerprint density at radius 1 is 1.38 bits per heavy atom. The summed E-state index contributed by atoms with van der Waals surface area (Å²) in [6.45, 7) is 0.323. The third-order valence-corrected chi connectivity index (χ3v) is 2.81. The van der Waals surface area contributed by atoms with Crippen LogP contribution in [-0.4, -0.2) is 38.8 Å². The number of carboxylic acids is 1. The number of H-pyrrole nitrogens is 1. The Morgan fingerprint density at radius 2 is 2.19 bits per heavy atom. The van der Waals surface area contributed by atoms with Gasteiger partial charge in [0.15, 0.2) is 0 Å². The number of carbonyl (C=O) groups excluding carboxylic acids is 1. The third kappa shape index (κ3) is 4.18. The Kier molecular flexibility index (Phi) is 4.72. The number of anilines is 1. The number of benzene rings is 1. The minimum absolute atomic E-state index is 0.0372. The number of aromatic nitrogens is 3. The minimum Gasteiger partial charge on any atom is -0.478 e. The van der Waals surface area contributed by atoms with Crippen LogP contribution < -0.4 is 10.6 Å². The summed E-state index contributed by atoms with van der Waals surface area (Å²) in [5.74, 6) is -0.507. The van der Waals surface area contributed by atoms with Gasteiger partial charge in [0.1, 0.15) is 12.2 Å². The molecule has 1 aromatic heterocycles. The molecular weight excluding hydrogens is 298 g/mol. The van der Waals surface area contributed by atoms with Crippen LogP contribution in [0.2, 0.25) is 5.02 Å². The number of nitrogens with zero attached hydrogens (tertiary/aromatic N) is 2. The Hall–Kier alpha value is -2.61. The van der Waals surface area contributed by atoms with Crippen molar-refractivity contribution < 1.29 is 14.7 Å². The number of rotatable bonds is 5. The van der Waals surface area contributed by atoms with E-state index in [1.54, 1.807) is 0 Å². The van der Waals surface area contributed by atoms with Crippen molar-refractivity contribution in [1.82, 2.24) is 20.5 Å². The molecule has 8 nitrogen and oxygen atoms in total. The SMILES string of the molecule is O=C(NCCc1ncn[nH]1)Nc1cc(Cl)ccc1C(=O)O. The number of aromatic amines is 1. The number of nitrogens with one attached hydrogen (secondary N) is 3. The zero-order chi connectivity index (χ0) is 15.2. The molecule has 0 aliphatic rings. The lowest BCUT2D eigenvalue weighted by molar-refractivity contribution is 0.0698. The number of carbonyl (C=O) groups is 2. The summed E-state index contributed by atoms with van der Waals surface area (Å²) in [5.41, 5.74) is 0.0944. The van der Waals surface area contributed by atoms with Crippen LogP contribution in [0.3, 0.4) is 0 Å². The third-order valence-electron chi connectivity index (χ3n) is 2.57. The maximum Gasteiger partial charge on any atom is 0.337 e. The van der Waals surface area contributed by atoms with E-state index >= 15 is 0 Å². The van der Waals surface area contributed by atoms with E-state index in [0.29, 0.717) is 23.8 Å². The number of urea groups is 1. The number of hydrogen-bond donors (Lipinski definition) is 4. The molecule has 1 heterocycles. The second-order valence-corrected chi connectivity index (χ2v) is 4.49. The first-order chi connectivity index (χ1) is 10.1. The highest BCUT2D eigenvalue weighted by Crippen LogP contribution is 2.21. The van der Waals surface area contributed by atoms with Gasteiger partial charge in [-0.25, -0.2) is 14.6 Å². The molecule has 2 amide bonds. The zero-order valence-electron chi connectivity index (χ0n) is 10.8. The number of carboxylic acid groups (broad SMARTS) is 1. The standard InChI is InChI=1S/C12H12ClN5O3/c13-7-1-2-8(11(19)20)9(5-7)17-12(21)14-4-3-10-15-6-16-18-10/h1-2,5-6H,3-4H2,(H,19,20)(H2,14,17,21)(H,15,16,18). The molecule has 0 aliphatic carbocycles. The first kappa shape index (κ1) is 14.8. The van der Waals surface area contributed by atoms with E-state index in [1.165, 1.54) is 24.5 Å². The molecule has 0 saturated carbocycles. The quantitative estimate of drug-likeness (QED) is 0.667. The molecule has 4 N–H and O–H groups in total. The smallest absolute Gasteiger partial charge is 0.337 e. The van der Waals surface area contributed by atoms with Crippen LogP contribution in [0, 0.1) is 0 Å². The highest BCUT2D eigenvalue weighted by Gasteiger charge is 2.12. The fourth-order valence-corrected chi connectivity index (χ4v) is 1.79. The summed E-state index contributed by atoms with van der Waals surface area (Å²) < 4.78 is 0. The molecule has 21 heavy (non-hydrogen) atoms. The predicted octanol–water partition coefficient (Wildman–Crippen LogP) is 1.52. The van der Waals surface area contributed by atoms with Gasteiger partial charge in [-0.15, -0.1) is 0 Å². The van der Waals surface area contributed by atoms with E-state index in [2.05, 4.69) is 25.8 Å². The molecule has 0 atom stereocenters. The van der Waals surface area contributed by atoms with E-state index in [1.807, 2.05) is 0 Å². The van der Waals surface area contributed by atoms with Crippen molar-refractivity contribution in [2.75, 3.05) is 11.9 Å². The maximum atomic E-state index is 11.7. The average molecular weight is 310 g/mol. The second kappa shape index (κ2) is 6.71. The van der Waals surface area contributed by atoms with Gasteiger partial charge in [0, 0.05) is 18.0 Å². The highest BCUT2D eigenvalue weighted by atomic mass is 35.5. The molecule has 1 aromatic carbocycles. The summed E-state index contributed by atoms with van der Waals surface area (Å²) in [6.07, 6.45) is 1.86. The first-order valence-electron chi connectivity index (χ1n) is 5.98. The van der Waals surface area contributed by atoms with Crippen molar-refractivity contribution in [3.05, 3.63) is 40.9 Å². The summed E-state index contributed by atoms with van der Waals surface area (Å²) in [7, 11) is 0. The maximum absolute atomic E-state index is 11.7. The van der Waals surface area contributed by atoms with Gasteiger partial charge in [-0.1, -0.05) is 11.6 Å². The second-order valence-electron chi connectivity index (χ2n) is 4.06. The molecule has 0 saturated heterocycles. The lowest BCUT2D eigenvalue weighted by Crippen LogP contribution is -2.31. The normalized spacial score (nSPS) is 10.1. The van der Waals surface area contributed by atoms with Gasteiger partial charge in [-0.3, -0.25) is 5.10 Å². The van der Waals surface area contributed by atoms with Crippen molar-refractivity contribution in [3.8, 4) is 0 Å². The van der Waals surface area contributed by atoms with E-state index in [-0.39, 0.29) is 11.3 Å². The Morgan fingerprint density at radius 3 is 2.86 bits per heavy atom. The fourth-order valence-electron chi connectivity index (χ4n) is 1.62. The van der Waals surface area contributed by atoms with Gasteiger partial charge in [0.25, 0.3) is 0 Å². The molecular formula is C12H12ClN5O3. The summed E-state index contributed by atoms with van der Waals surface area (Å²) in [5, 5.41) is 20.7. The van der Waals surface area contributed by atoms with Crippen molar-refractivity contribution in [2.45, 2.75) is 6.42 Å². The fraction of sp³-hybridized carbons (Fsp3) is 0.167. The van der Waals surface area contributed by atoms with Crippen LogP contribution in [0.15, 0.2) is 24.5 Å². The number of hydrogen-bond acceptors (Lipinski definition) is 4. The molecule has 2 rings (SSSR count). The van der Waals surface area contributed by atoms with Crippen LogP contribution in [0.25, 0.3) is 0 Å². The topological polar surface area (TPSA) is 120 Å². The van der Waals surface area contributed by atoms with Crippen molar-refractivity contribution in [1.29, 1.82) is 0 Å². The molecule has 0 fully saturated rings. The lowest BCUT2D eigenvalue weighted by atomic mass is 10.2. The molecule has 9 heteroatoms.